The number of hydrogen-bond donors (Lipinski definition) is 1. The summed E-state index contributed by atoms with van der Waals surface area (Å²) in [5.41, 5.74) is 2.10. The van der Waals surface area contributed by atoms with E-state index in [1.807, 2.05) is 13.8 Å². The van der Waals surface area contributed by atoms with Crippen molar-refractivity contribution >= 4 is 24.2 Å². The summed E-state index contributed by atoms with van der Waals surface area (Å²) in [6, 6.07) is 0.193. The van der Waals surface area contributed by atoms with Crippen LogP contribution in [0.4, 0.5) is 0 Å². The first kappa shape index (κ1) is 18.3. The first-order valence-corrected chi connectivity index (χ1v) is 8.53. The van der Waals surface area contributed by atoms with Crippen LogP contribution in [0.15, 0.2) is 9.05 Å². The molecule has 1 aliphatic heterocycles. The molecule has 0 radical (unpaired) electrons. The lowest BCUT2D eigenvalue weighted by atomic mass is 10.2. The minimum Gasteiger partial charge on any atom is -0.361 e. The highest BCUT2D eigenvalue weighted by atomic mass is 35.5. The zero-order valence-corrected chi connectivity index (χ0v) is 15.2. The van der Waals surface area contributed by atoms with Gasteiger partial charge in [-0.05, 0) is 20.9 Å². The van der Waals surface area contributed by atoms with Crippen LogP contribution in [0.3, 0.4) is 0 Å². The van der Waals surface area contributed by atoms with Crippen molar-refractivity contribution in [2.75, 3.05) is 26.7 Å². The molecule has 23 heavy (non-hydrogen) atoms. The summed E-state index contributed by atoms with van der Waals surface area (Å²) in [5, 5.41) is 11.5. The number of nitrogens with zero attached hydrogens (tertiary/aromatic N) is 4. The molecule has 0 amide bonds. The van der Waals surface area contributed by atoms with Crippen molar-refractivity contribution in [1.82, 2.24) is 25.5 Å². The maximum absolute atomic E-state index is 5.37. The smallest absolute Gasteiger partial charge is 0.236 e. The lowest BCUT2D eigenvalue weighted by Crippen LogP contribution is -2.44. The average molecular weight is 360 g/mol. The van der Waals surface area contributed by atoms with Crippen LogP contribution in [0.5, 0.6) is 0 Å². The van der Waals surface area contributed by atoms with Crippen molar-refractivity contribution in [3.05, 3.63) is 28.7 Å². The van der Waals surface area contributed by atoms with Gasteiger partial charge in [-0.3, -0.25) is 4.90 Å². The Kier molecular flexibility index (Phi) is 6.46. The number of aromatic nitrogens is 3. The lowest BCUT2D eigenvalue weighted by molar-refractivity contribution is 0.190. The first-order chi connectivity index (χ1) is 10.6. The maximum atomic E-state index is 5.37. The number of hydrogen-bond acceptors (Lipinski definition) is 8. The Labute approximate surface area is 146 Å². The monoisotopic (exact) mass is 359 g/mol. The highest BCUT2D eigenvalue weighted by molar-refractivity contribution is 7.97. The molecule has 0 spiro atoms. The van der Waals surface area contributed by atoms with E-state index in [0.717, 1.165) is 48.2 Å². The van der Waals surface area contributed by atoms with E-state index >= 15 is 0 Å². The van der Waals surface area contributed by atoms with Gasteiger partial charge in [0.1, 0.15) is 5.76 Å². The third kappa shape index (κ3) is 4.26. The summed E-state index contributed by atoms with van der Waals surface area (Å²) in [7, 11) is 2.09. The summed E-state index contributed by atoms with van der Waals surface area (Å²) in [4.78, 5) is 6.78. The standard InChI is InChI=1S/C14H21N5O2S.ClH/c1-9-11(10(2)20-17-9)7-22-8-13-16-14(18-21-13)12-6-15-4-5-19(12)3;/h12,15H,4-8H2,1-3H3;1H. The van der Waals surface area contributed by atoms with Gasteiger partial charge in [-0.2, -0.15) is 4.98 Å². The number of thioether (sulfide) groups is 1. The zero-order chi connectivity index (χ0) is 15.5. The van der Waals surface area contributed by atoms with Crippen molar-refractivity contribution in [3.63, 3.8) is 0 Å². The first-order valence-electron chi connectivity index (χ1n) is 7.38. The SMILES string of the molecule is Cc1noc(C)c1CSCc1nc(C2CNCCN2C)no1.Cl. The zero-order valence-electron chi connectivity index (χ0n) is 13.5. The Balaban J connectivity index is 0.00000192. The molecular weight excluding hydrogens is 338 g/mol. The molecule has 2 aromatic heterocycles. The second-order valence-electron chi connectivity index (χ2n) is 5.54. The van der Waals surface area contributed by atoms with Gasteiger partial charge in [-0.1, -0.05) is 10.3 Å². The maximum Gasteiger partial charge on any atom is 0.236 e. The fraction of sp³-hybridized carbons (Fsp3) is 0.643. The highest BCUT2D eigenvalue weighted by Gasteiger charge is 2.25. The van der Waals surface area contributed by atoms with E-state index in [1.54, 1.807) is 11.8 Å². The Morgan fingerprint density at radius 3 is 2.78 bits per heavy atom. The quantitative estimate of drug-likeness (QED) is 0.869. The fourth-order valence-electron chi connectivity index (χ4n) is 2.50. The molecule has 0 bridgehead atoms. The van der Waals surface area contributed by atoms with Gasteiger partial charge in [0.15, 0.2) is 5.82 Å². The fourth-order valence-corrected chi connectivity index (χ4v) is 3.51. The van der Waals surface area contributed by atoms with Gasteiger partial charge in [0.05, 0.1) is 17.5 Å². The molecule has 1 atom stereocenters. The van der Waals surface area contributed by atoms with Gasteiger partial charge in [-0.15, -0.1) is 24.2 Å². The van der Waals surface area contributed by atoms with Crippen LogP contribution in [-0.2, 0) is 11.5 Å². The predicted octanol–water partition coefficient (Wildman–Crippen LogP) is 2.11. The molecule has 128 valence electrons. The molecule has 0 aliphatic carbocycles. The number of aryl methyl sites for hydroxylation is 2. The van der Waals surface area contributed by atoms with Gasteiger partial charge in [0.25, 0.3) is 0 Å². The average Bonchev–Trinajstić information content (AvgIpc) is 3.09. The van der Waals surface area contributed by atoms with Crippen molar-refractivity contribution in [2.24, 2.45) is 0 Å². The molecule has 2 aromatic rings. The Morgan fingerprint density at radius 1 is 1.26 bits per heavy atom. The number of piperazine rings is 1. The van der Waals surface area contributed by atoms with E-state index in [0.29, 0.717) is 11.6 Å². The number of nitrogens with one attached hydrogen (secondary N) is 1. The molecule has 1 aliphatic rings. The summed E-state index contributed by atoms with van der Waals surface area (Å²) < 4.78 is 10.5. The number of halogens is 1. The Hall–Kier alpha value is -1.09. The van der Waals surface area contributed by atoms with E-state index in [4.69, 9.17) is 9.05 Å². The molecule has 0 aromatic carbocycles. The molecule has 1 fully saturated rings. The molecule has 1 unspecified atom stereocenters. The van der Waals surface area contributed by atoms with E-state index < -0.39 is 0 Å². The molecule has 0 saturated carbocycles. The van der Waals surface area contributed by atoms with Crippen LogP contribution in [-0.4, -0.2) is 46.9 Å². The van der Waals surface area contributed by atoms with Crippen LogP contribution in [0, 0.1) is 13.8 Å². The second-order valence-corrected chi connectivity index (χ2v) is 6.53. The highest BCUT2D eigenvalue weighted by Crippen LogP contribution is 2.23. The summed E-state index contributed by atoms with van der Waals surface area (Å²) in [6.45, 7) is 6.76. The normalized spacial score (nSPS) is 18.8. The van der Waals surface area contributed by atoms with E-state index in [2.05, 4.69) is 32.6 Å². The number of likely N-dealkylation sites (N-methyl/N-ethyl adjacent to an activating group) is 1. The molecule has 3 rings (SSSR count). The third-order valence-electron chi connectivity index (χ3n) is 3.95. The van der Waals surface area contributed by atoms with Gasteiger partial charge >= 0.3 is 0 Å². The number of rotatable bonds is 5. The van der Waals surface area contributed by atoms with Crippen molar-refractivity contribution in [2.45, 2.75) is 31.4 Å². The van der Waals surface area contributed by atoms with E-state index in [-0.39, 0.29) is 18.4 Å². The molecule has 1 saturated heterocycles. The molecule has 9 heteroatoms. The molecule has 1 N–H and O–H groups in total. The predicted molar refractivity (Wildman–Crippen MR) is 90.8 cm³/mol. The van der Waals surface area contributed by atoms with Crippen molar-refractivity contribution in [3.8, 4) is 0 Å². The van der Waals surface area contributed by atoms with Crippen LogP contribution in [0.25, 0.3) is 0 Å². The second kappa shape index (κ2) is 8.14. The van der Waals surface area contributed by atoms with Crippen LogP contribution < -0.4 is 5.32 Å². The van der Waals surface area contributed by atoms with E-state index in [1.165, 1.54) is 0 Å². The van der Waals surface area contributed by atoms with Gasteiger partial charge in [0.2, 0.25) is 5.89 Å². The van der Waals surface area contributed by atoms with Gasteiger partial charge in [-0.25, -0.2) is 0 Å². The van der Waals surface area contributed by atoms with Gasteiger partial charge < -0.3 is 14.4 Å². The largest absolute Gasteiger partial charge is 0.361 e. The minimum atomic E-state index is 0. The molecule has 7 nitrogen and oxygen atoms in total. The van der Waals surface area contributed by atoms with Crippen molar-refractivity contribution in [1.29, 1.82) is 0 Å². The summed E-state index contributed by atoms with van der Waals surface area (Å²) in [5.74, 6) is 3.85. The molecule has 3 heterocycles. The van der Waals surface area contributed by atoms with E-state index in [9.17, 15) is 0 Å². The summed E-state index contributed by atoms with van der Waals surface area (Å²) in [6.07, 6.45) is 0. The van der Waals surface area contributed by atoms with Crippen LogP contribution >= 0.6 is 24.2 Å². The minimum absolute atomic E-state index is 0. The molecular formula is C14H22ClN5O2S. The topological polar surface area (TPSA) is 80.2 Å². The third-order valence-corrected chi connectivity index (χ3v) is 4.89. The lowest BCUT2D eigenvalue weighted by Gasteiger charge is -2.30. The Bertz CT molecular complexity index is 613. The summed E-state index contributed by atoms with van der Waals surface area (Å²) >= 11 is 1.73. The van der Waals surface area contributed by atoms with Gasteiger partial charge in [0, 0.05) is 31.0 Å². The van der Waals surface area contributed by atoms with Crippen LogP contribution in [0.2, 0.25) is 0 Å². The van der Waals surface area contributed by atoms with Crippen molar-refractivity contribution < 1.29 is 9.05 Å². The van der Waals surface area contributed by atoms with Crippen LogP contribution in [0.1, 0.15) is 34.8 Å². The Morgan fingerprint density at radius 2 is 2.09 bits per heavy atom.